The predicted molar refractivity (Wildman–Crippen MR) is 69.8 cm³/mol. The van der Waals surface area contributed by atoms with E-state index in [0.717, 1.165) is 17.0 Å². The van der Waals surface area contributed by atoms with Crippen molar-refractivity contribution in [2.75, 3.05) is 26.9 Å². The predicted octanol–water partition coefficient (Wildman–Crippen LogP) is 1.83. The molecule has 5 nitrogen and oxygen atoms in total. The summed E-state index contributed by atoms with van der Waals surface area (Å²) in [6.07, 6.45) is 1.75. The van der Waals surface area contributed by atoms with Crippen molar-refractivity contribution >= 4 is 22.8 Å². The number of halogens is 1. The second kappa shape index (κ2) is 6.68. The summed E-state index contributed by atoms with van der Waals surface area (Å²) in [5, 5.41) is 0. The van der Waals surface area contributed by atoms with Gasteiger partial charge in [0.25, 0.3) is 0 Å². The molecule has 0 saturated carbocycles. The first-order valence-corrected chi connectivity index (χ1v) is 6.33. The van der Waals surface area contributed by atoms with Gasteiger partial charge in [-0.3, -0.25) is 0 Å². The van der Waals surface area contributed by atoms with Crippen LogP contribution in [-0.4, -0.2) is 41.5 Å². The van der Waals surface area contributed by atoms with Crippen molar-refractivity contribution in [1.29, 1.82) is 0 Å². The van der Waals surface area contributed by atoms with E-state index in [2.05, 4.69) is 9.97 Å². The lowest BCUT2D eigenvalue weighted by atomic mass is 10.4. The van der Waals surface area contributed by atoms with Gasteiger partial charge in [-0.05, 0) is 12.1 Å². The molecule has 0 bridgehead atoms. The van der Waals surface area contributed by atoms with Gasteiger partial charge in [0, 0.05) is 19.9 Å². The topological polar surface area (TPSA) is 49.2 Å². The zero-order chi connectivity index (χ0) is 12.8. The highest BCUT2D eigenvalue weighted by Gasteiger charge is 2.09. The number of pyridine rings is 1. The molecule has 2 aromatic rings. The number of hydrogen-bond acceptors (Lipinski definition) is 4. The Morgan fingerprint density at radius 2 is 2.22 bits per heavy atom. The highest BCUT2D eigenvalue weighted by Crippen LogP contribution is 2.14. The standard InChI is InChI=1S/C12H16ClN3O2/c1-17-7-8-18-6-5-16-11(9-13)15-10-3-2-4-14-12(10)16/h2-4H,5-9H2,1H3. The summed E-state index contributed by atoms with van der Waals surface area (Å²) in [5.41, 5.74) is 1.72. The quantitative estimate of drug-likeness (QED) is 0.568. The van der Waals surface area contributed by atoms with E-state index in [-0.39, 0.29) is 0 Å². The highest BCUT2D eigenvalue weighted by molar-refractivity contribution is 6.16. The van der Waals surface area contributed by atoms with Crippen LogP contribution < -0.4 is 0 Å². The van der Waals surface area contributed by atoms with Crippen molar-refractivity contribution in [2.24, 2.45) is 0 Å². The molecule has 98 valence electrons. The number of ether oxygens (including phenoxy) is 2. The third-order valence-electron chi connectivity index (χ3n) is 2.59. The lowest BCUT2D eigenvalue weighted by Crippen LogP contribution is -2.11. The van der Waals surface area contributed by atoms with Crippen LogP contribution in [0.15, 0.2) is 18.3 Å². The van der Waals surface area contributed by atoms with E-state index in [1.165, 1.54) is 0 Å². The summed E-state index contributed by atoms with van der Waals surface area (Å²) < 4.78 is 12.4. The van der Waals surface area contributed by atoms with Gasteiger partial charge in [-0.1, -0.05) is 0 Å². The van der Waals surface area contributed by atoms with Gasteiger partial charge in [-0.2, -0.15) is 0 Å². The number of alkyl halides is 1. The Hall–Kier alpha value is -1.17. The van der Waals surface area contributed by atoms with Gasteiger partial charge >= 0.3 is 0 Å². The summed E-state index contributed by atoms with van der Waals surface area (Å²) in [4.78, 5) is 8.76. The van der Waals surface area contributed by atoms with Crippen LogP contribution >= 0.6 is 11.6 Å². The molecule has 0 aliphatic rings. The molecule has 6 heteroatoms. The summed E-state index contributed by atoms with van der Waals surface area (Å²) in [5.74, 6) is 1.19. The number of methoxy groups -OCH3 is 1. The average Bonchev–Trinajstić information content (AvgIpc) is 2.77. The zero-order valence-corrected chi connectivity index (χ0v) is 11.1. The molecular formula is C12H16ClN3O2. The third-order valence-corrected chi connectivity index (χ3v) is 2.83. The molecule has 0 aliphatic heterocycles. The van der Waals surface area contributed by atoms with Gasteiger partial charge in [0.15, 0.2) is 5.65 Å². The Morgan fingerprint density at radius 1 is 1.33 bits per heavy atom. The Bertz CT molecular complexity index is 501. The van der Waals surface area contributed by atoms with Crippen molar-refractivity contribution in [3.05, 3.63) is 24.2 Å². The first-order chi connectivity index (χ1) is 8.86. The zero-order valence-electron chi connectivity index (χ0n) is 10.3. The molecule has 0 radical (unpaired) electrons. The van der Waals surface area contributed by atoms with E-state index in [1.807, 2.05) is 16.7 Å². The van der Waals surface area contributed by atoms with Gasteiger partial charge in [-0.15, -0.1) is 11.6 Å². The molecule has 0 saturated heterocycles. The Morgan fingerprint density at radius 3 is 3.00 bits per heavy atom. The van der Waals surface area contributed by atoms with Crippen molar-refractivity contribution in [3.63, 3.8) is 0 Å². The lowest BCUT2D eigenvalue weighted by Gasteiger charge is -2.07. The third kappa shape index (κ3) is 2.98. The maximum atomic E-state index is 5.89. The van der Waals surface area contributed by atoms with E-state index in [9.17, 15) is 0 Å². The minimum Gasteiger partial charge on any atom is -0.382 e. The number of imidazole rings is 1. The largest absolute Gasteiger partial charge is 0.382 e. The van der Waals surface area contributed by atoms with Crippen LogP contribution in [0.5, 0.6) is 0 Å². The molecule has 0 atom stereocenters. The van der Waals surface area contributed by atoms with Gasteiger partial charge in [-0.25, -0.2) is 9.97 Å². The van der Waals surface area contributed by atoms with Crippen LogP contribution in [0.3, 0.4) is 0 Å². The van der Waals surface area contributed by atoms with Crippen LogP contribution in [0.1, 0.15) is 5.82 Å². The van der Waals surface area contributed by atoms with Crippen LogP contribution in [0.25, 0.3) is 11.2 Å². The van der Waals surface area contributed by atoms with Crippen molar-refractivity contribution in [2.45, 2.75) is 12.4 Å². The molecule has 0 aromatic carbocycles. The number of rotatable bonds is 7. The molecule has 0 unspecified atom stereocenters. The molecule has 0 fully saturated rings. The van der Waals surface area contributed by atoms with Crippen LogP contribution in [0, 0.1) is 0 Å². The van der Waals surface area contributed by atoms with Gasteiger partial charge in [0.2, 0.25) is 0 Å². The van der Waals surface area contributed by atoms with Gasteiger partial charge in [0.05, 0.1) is 25.7 Å². The fourth-order valence-corrected chi connectivity index (χ4v) is 1.95. The molecule has 0 amide bonds. The minimum atomic E-state index is 0.369. The number of hydrogen-bond donors (Lipinski definition) is 0. The minimum absolute atomic E-state index is 0.369. The van der Waals surface area contributed by atoms with E-state index in [1.54, 1.807) is 13.3 Å². The normalized spacial score (nSPS) is 11.2. The molecule has 2 heterocycles. The van der Waals surface area contributed by atoms with E-state index < -0.39 is 0 Å². The number of nitrogens with zero attached hydrogens (tertiary/aromatic N) is 3. The molecule has 2 rings (SSSR count). The first kappa shape index (κ1) is 13.3. The summed E-state index contributed by atoms with van der Waals surface area (Å²) in [6, 6.07) is 3.80. The highest BCUT2D eigenvalue weighted by atomic mass is 35.5. The summed E-state index contributed by atoms with van der Waals surface area (Å²) in [6.45, 7) is 2.48. The summed E-state index contributed by atoms with van der Waals surface area (Å²) in [7, 11) is 1.66. The molecule has 0 N–H and O–H groups in total. The van der Waals surface area contributed by atoms with Gasteiger partial charge in [0.1, 0.15) is 11.3 Å². The molecule has 18 heavy (non-hydrogen) atoms. The van der Waals surface area contributed by atoms with E-state index in [4.69, 9.17) is 21.1 Å². The van der Waals surface area contributed by atoms with Crippen LogP contribution in [-0.2, 0) is 21.9 Å². The molecule has 2 aromatic heterocycles. The average molecular weight is 270 g/mol. The molecule has 0 aliphatic carbocycles. The van der Waals surface area contributed by atoms with Gasteiger partial charge < -0.3 is 14.0 Å². The van der Waals surface area contributed by atoms with Crippen molar-refractivity contribution < 1.29 is 9.47 Å². The second-order valence-corrected chi connectivity index (χ2v) is 4.03. The smallest absolute Gasteiger partial charge is 0.160 e. The lowest BCUT2D eigenvalue weighted by molar-refractivity contribution is 0.0667. The van der Waals surface area contributed by atoms with Crippen molar-refractivity contribution in [1.82, 2.24) is 14.5 Å². The number of aromatic nitrogens is 3. The SMILES string of the molecule is COCCOCCn1c(CCl)nc2cccnc21. The number of fused-ring (bicyclic) bond motifs is 1. The summed E-state index contributed by atoms with van der Waals surface area (Å²) >= 11 is 5.89. The van der Waals surface area contributed by atoms with E-state index in [0.29, 0.717) is 32.2 Å². The molecule has 0 spiro atoms. The Kier molecular flexibility index (Phi) is 4.92. The van der Waals surface area contributed by atoms with E-state index >= 15 is 0 Å². The van der Waals surface area contributed by atoms with Crippen LogP contribution in [0.4, 0.5) is 0 Å². The van der Waals surface area contributed by atoms with Crippen molar-refractivity contribution in [3.8, 4) is 0 Å². The fraction of sp³-hybridized carbons (Fsp3) is 0.500. The first-order valence-electron chi connectivity index (χ1n) is 5.79. The maximum absolute atomic E-state index is 5.89. The Labute approximate surface area is 111 Å². The molecular weight excluding hydrogens is 254 g/mol. The fourth-order valence-electron chi connectivity index (χ4n) is 1.74. The van der Waals surface area contributed by atoms with Crippen LogP contribution in [0.2, 0.25) is 0 Å². The monoisotopic (exact) mass is 269 g/mol. The Balaban J connectivity index is 2.06. The maximum Gasteiger partial charge on any atom is 0.160 e. The second-order valence-electron chi connectivity index (χ2n) is 3.76.